The summed E-state index contributed by atoms with van der Waals surface area (Å²) in [4.78, 5) is 12.8. The van der Waals surface area contributed by atoms with Gasteiger partial charge in [-0.3, -0.25) is 0 Å². The first-order valence-electron chi connectivity index (χ1n) is 5.66. The molecule has 16 heavy (non-hydrogen) atoms. The fraction of sp³-hybridized carbons (Fsp3) is 0.636. The molecule has 2 N–H and O–H groups in total. The van der Waals surface area contributed by atoms with Crippen LogP contribution in [0.5, 0.6) is 0 Å². The highest BCUT2D eigenvalue weighted by Gasteiger charge is 2.25. The molecule has 2 rings (SSSR count). The molecule has 5 heteroatoms. The summed E-state index contributed by atoms with van der Waals surface area (Å²) in [7, 11) is 4.20. The number of nitrogens with zero attached hydrogens (tertiary/aromatic N) is 4. The minimum absolute atomic E-state index is 0.355. The second-order valence-corrected chi connectivity index (χ2v) is 4.52. The van der Waals surface area contributed by atoms with Gasteiger partial charge in [-0.2, -0.15) is 4.98 Å². The van der Waals surface area contributed by atoms with E-state index in [4.69, 9.17) is 5.73 Å². The molecular formula is C11H19N5. The summed E-state index contributed by atoms with van der Waals surface area (Å²) in [5, 5.41) is 0. The highest BCUT2D eigenvalue weighted by molar-refractivity contribution is 5.43. The lowest BCUT2D eigenvalue weighted by molar-refractivity contribution is 0.371. The number of likely N-dealkylation sites (N-methyl/N-ethyl adjacent to an activating group) is 1. The van der Waals surface area contributed by atoms with Crippen molar-refractivity contribution in [2.75, 3.05) is 37.8 Å². The SMILES string of the molecule is CN(C)CC1CCCN1c1ccnc(N)n1. The summed E-state index contributed by atoms with van der Waals surface area (Å²) < 4.78 is 0. The van der Waals surface area contributed by atoms with Gasteiger partial charge in [0.15, 0.2) is 0 Å². The Kier molecular flexibility index (Phi) is 3.24. The lowest BCUT2D eigenvalue weighted by Crippen LogP contribution is -2.38. The predicted octanol–water partition coefficient (Wildman–Crippen LogP) is 0.589. The maximum absolute atomic E-state index is 5.61. The lowest BCUT2D eigenvalue weighted by atomic mass is 10.2. The Hall–Kier alpha value is -1.36. The third-order valence-electron chi connectivity index (χ3n) is 2.91. The molecule has 0 aromatic carbocycles. The van der Waals surface area contributed by atoms with Crippen LogP contribution in [0.2, 0.25) is 0 Å². The van der Waals surface area contributed by atoms with Crippen LogP contribution in [0.1, 0.15) is 12.8 Å². The Morgan fingerprint density at radius 1 is 1.56 bits per heavy atom. The molecule has 1 unspecified atom stereocenters. The van der Waals surface area contributed by atoms with Gasteiger partial charge in [0, 0.05) is 25.3 Å². The smallest absolute Gasteiger partial charge is 0.221 e. The van der Waals surface area contributed by atoms with E-state index in [2.05, 4.69) is 33.9 Å². The van der Waals surface area contributed by atoms with Crippen molar-refractivity contribution in [3.8, 4) is 0 Å². The quantitative estimate of drug-likeness (QED) is 0.809. The summed E-state index contributed by atoms with van der Waals surface area (Å²) in [6, 6.07) is 2.48. The van der Waals surface area contributed by atoms with E-state index >= 15 is 0 Å². The third kappa shape index (κ3) is 2.41. The number of anilines is 2. The van der Waals surface area contributed by atoms with Gasteiger partial charge in [-0.1, -0.05) is 0 Å². The third-order valence-corrected chi connectivity index (χ3v) is 2.91. The van der Waals surface area contributed by atoms with Crippen LogP contribution in [0.25, 0.3) is 0 Å². The highest BCUT2D eigenvalue weighted by atomic mass is 15.3. The van der Waals surface area contributed by atoms with Gasteiger partial charge in [-0.15, -0.1) is 0 Å². The zero-order valence-electron chi connectivity index (χ0n) is 9.93. The number of aromatic nitrogens is 2. The van der Waals surface area contributed by atoms with Crippen LogP contribution < -0.4 is 10.6 Å². The Labute approximate surface area is 96.3 Å². The minimum Gasteiger partial charge on any atom is -0.368 e. The molecule has 1 aliphatic rings. The Balaban J connectivity index is 2.13. The summed E-state index contributed by atoms with van der Waals surface area (Å²) >= 11 is 0. The van der Waals surface area contributed by atoms with Crippen LogP contribution >= 0.6 is 0 Å². The molecule has 1 atom stereocenters. The topological polar surface area (TPSA) is 58.3 Å². The monoisotopic (exact) mass is 221 g/mol. The van der Waals surface area contributed by atoms with Crippen LogP contribution in [-0.4, -0.2) is 48.1 Å². The fourth-order valence-corrected chi connectivity index (χ4v) is 2.27. The summed E-state index contributed by atoms with van der Waals surface area (Å²) in [5.74, 6) is 1.31. The zero-order chi connectivity index (χ0) is 11.5. The van der Waals surface area contributed by atoms with E-state index in [9.17, 15) is 0 Å². The normalized spacial score (nSPS) is 20.7. The van der Waals surface area contributed by atoms with Crippen molar-refractivity contribution in [2.24, 2.45) is 0 Å². The molecule has 0 aliphatic carbocycles. The minimum atomic E-state index is 0.355. The number of nitrogen functional groups attached to an aromatic ring is 1. The number of rotatable bonds is 3. The van der Waals surface area contributed by atoms with Gasteiger partial charge in [-0.25, -0.2) is 4.98 Å². The Bertz CT molecular complexity index is 352. The fourth-order valence-electron chi connectivity index (χ4n) is 2.27. The molecule has 0 spiro atoms. The number of hydrogen-bond donors (Lipinski definition) is 1. The molecule has 1 saturated heterocycles. The van der Waals surface area contributed by atoms with Crippen molar-refractivity contribution >= 4 is 11.8 Å². The zero-order valence-corrected chi connectivity index (χ0v) is 9.93. The molecule has 0 saturated carbocycles. The molecule has 0 bridgehead atoms. The van der Waals surface area contributed by atoms with E-state index in [0.717, 1.165) is 18.9 Å². The van der Waals surface area contributed by atoms with Crippen molar-refractivity contribution in [2.45, 2.75) is 18.9 Å². The van der Waals surface area contributed by atoms with Gasteiger partial charge >= 0.3 is 0 Å². The van der Waals surface area contributed by atoms with Crippen LogP contribution in [0.3, 0.4) is 0 Å². The van der Waals surface area contributed by atoms with Crippen LogP contribution in [0.4, 0.5) is 11.8 Å². The standard InChI is InChI=1S/C11H19N5/c1-15(2)8-9-4-3-7-16(9)10-5-6-13-11(12)14-10/h5-6,9H,3-4,7-8H2,1-2H3,(H2,12,13,14). The molecule has 5 nitrogen and oxygen atoms in total. The molecule has 1 fully saturated rings. The van der Waals surface area contributed by atoms with E-state index < -0.39 is 0 Å². The van der Waals surface area contributed by atoms with Crippen LogP contribution in [0.15, 0.2) is 12.3 Å². The maximum Gasteiger partial charge on any atom is 0.221 e. The molecule has 1 aromatic rings. The highest BCUT2D eigenvalue weighted by Crippen LogP contribution is 2.24. The van der Waals surface area contributed by atoms with Crippen LogP contribution in [-0.2, 0) is 0 Å². The first-order valence-corrected chi connectivity index (χ1v) is 5.66. The van der Waals surface area contributed by atoms with E-state index in [1.54, 1.807) is 6.20 Å². The van der Waals surface area contributed by atoms with Gasteiger partial charge in [0.1, 0.15) is 5.82 Å². The second kappa shape index (κ2) is 4.65. The van der Waals surface area contributed by atoms with Gasteiger partial charge in [0.2, 0.25) is 5.95 Å². The van der Waals surface area contributed by atoms with Gasteiger partial charge < -0.3 is 15.5 Å². The van der Waals surface area contributed by atoms with Crippen molar-refractivity contribution in [1.82, 2.24) is 14.9 Å². The number of hydrogen-bond acceptors (Lipinski definition) is 5. The van der Waals surface area contributed by atoms with Gasteiger partial charge in [0.05, 0.1) is 0 Å². The van der Waals surface area contributed by atoms with E-state index in [-0.39, 0.29) is 0 Å². The molecule has 88 valence electrons. The second-order valence-electron chi connectivity index (χ2n) is 4.52. The van der Waals surface area contributed by atoms with E-state index in [0.29, 0.717) is 12.0 Å². The molecular weight excluding hydrogens is 202 g/mol. The molecule has 0 radical (unpaired) electrons. The van der Waals surface area contributed by atoms with Crippen molar-refractivity contribution < 1.29 is 0 Å². The Morgan fingerprint density at radius 3 is 3.06 bits per heavy atom. The summed E-state index contributed by atoms with van der Waals surface area (Å²) in [6.45, 7) is 2.12. The Morgan fingerprint density at radius 2 is 2.38 bits per heavy atom. The number of nitrogens with two attached hydrogens (primary N) is 1. The van der Waals surface area contributed by atoms with Crippen molar-refractivity contribution in [3.63, 3.8) is 0 Å². The van der Waals surface area contributed by atoms with Gasteiger partial charge in [-0.05, 0) is 33.0 Å². The van der Waals surface area contributed by atoms with E-state index in [1.165, 1.54) is 12.8 Å². The molecule has 2 heterocycles. The molecule has 1 aliphatic heterocycles. The predicted molar refractivity (Wildman–Crippen MR) is 65.4 cm³/mol. The maximum atomic E-state index is 5.61. The lowest BCUT2D eigenvalue weighted by Gasteiger charge is -2.27. The summed E-state index contributed by atoms with van der Waals surface area (Å²) in [6.07, 6.45) is 4.17. The van der Waals surface area contributed by atoms with Gasteiger partial charge in [0.25, 0.3) is 0 Å². The van der Waals surface area contributed by atoms with E-state index in [1.807, 2.05) is 6.07 Å². The average molecular weight is 221 g/mol. The van der Waals surface area contributed by atoms with Crippen molar-refractivity contribution in [3.05, 3.63) is 12.3 Å². The molecule has 1 aromatic heterocycles. The molecule has 0 amide bonds. The first-order chi connectivity index (χ1) is 7.66. The summed E-state index contributed by atoms with van der Waals surface area (Å²) in [5.41, 5.74) is 5.61. The van der Waals surface area contributed by atoms with Crippen LogP contribution in [0, 0.1) is 0 Å². The van der Waals surface area contributed by atoms with Crippen molar-refractivity contribution in [1.29, 1.82) is 0 Å². The largest absolute Gasteiger partial charge is 0.368 e. The average Bonchev–Trinajstić information content (AvgIpc) is 2.65. The first kappa shape index (κ1) is 11.1.